The van der Waals surface area contributed by atoms with Crippen LogP contribution in [-0.2, 0) is 14.3 Å². The van der Waals surface area contributed by atoms with E-state index in [-0.39, 0.29) is 30.2 Å². The number of unbranched alkanes of at least 4 members (excludes halogenated alkanes) is 2. The van der Waals surface area contributed by atoms with Gasteiger partial charge in [-0.1, -0.05) is 19.8 Å². The molecule has 0 saturated heterocycles. The third-order valence-electron chi connectivity index (χ3n) is 8.36. The molecular formula is C39H39N9O7S2. The van der Waals surface area contributed by atoms with E-state index in [0.717, 1.165) is 41.4 Å². The molecular weight excluding hydrogens is 771 g/mol. The topological polar surface area (TPSA) is 238 Å². The second kappa shape index (κ2) is 20.0. The van der Waals surface area contributed by atoms with Crippen molar-refractivity contribution in [1.29, 1.82) is 0 Å². The first kappa shape index (κ1) is 41.8. The van der Waals surface area contributed by atoms with Crippen molar-refractivity contribution in [3.63, 3.8) is 0 Å². The van der Waals surface area contributed by atoms with E-state index in [1.807, 2.05) is 19.1 Å². The van der Waals surface area contributed by atoms with Gasteiger partial charge < -0.3 is 30.1 Å². The van der Waals surface area contributed by atoms with Gasteiger partial charge in [0, 0.05) is 42.0 Å². The number of anilines is 1. The summed E-state index contributed by atoms with van der Waals surface area (Å²) in [6.45, 7) is 4.69. The maximum Gasteiger partial charge on any atom is 0.368 e. The molecule has 0 saturated carbocycles. The third kappa shape index (κ3) is 11.8. The highest BCUT2D eigenvalue weighted by Crippen LogP contribution is 2.24. The number of carboxylic acids is 1. The van der Waals surface area contributed by atoms with Crippen molar-refractivity contribution in [2.45, 2.75) is 57.6 Å². The molecule has 3 aromatic heterocycles. The summed E-state index contributed by atoms with van der Waals surface area (Å²) in [7, 11) is 0. The van der Waals surface area contributed by atoms with E-state index in [1.165, 1.54) is 0 Å². The molecule has 16 nitrogen and oxygen atoms in total. The molecule has 5 N–H and O–H groups in total. The number of nitrogens with one attached hydrogen (secondary N) is 4. The number of imidazole rings is 2. The lowest BCUT2D eigenvalue weighted by atomic mass is 10.1. The molecule has 4 heterocycles. The van der Waals surface area contributed by atoms with Crippen LogP contribution in [0.1, 0.15) is 78.0 Å². The molecule has 0 aliphatic carbocycles. The fraction of sp³-hybridized carbons (Fsp3) is 0.256. The number of carbonyl (C=O) groups is 4. The maximum absolute atomic E-state index is 12.2. The summed E-state index contributed by atoms with van der Waals surface area (Å²) < 4.78 is 5.49. The fourth-order valence-electron chi connectivity index (χ4n) is 5.41. The van der Waals surface area contributed by atoms with Gasteiger partial charge in [-0.2, -0.15) is 22.6 Å². The smallest absolute Gasteiger partial charge is 0.368 e. The normalized spacial score (nSPS) is 11.9. The lowest BCUT2D eigenvalue weighted by Crippen LogP contribution is -2.23. The Labute approximate surface area is 335 Å². The van der Waals surface area contributed by atoms with Crippen molar-refractivity contribution < 1.29 is 29.0 Å². The first-order valence-corrected chi connectivity index (χ1v) is 18.8. The van der Waals surface area contributed by atoms with Crippen LogP contribution in [0.3, 0.4) is 0 Å². The second-order valence-corrected chi connectivity index (χ2v) is 13.5. The number of hydrogen-bond acceptors (Lipinski definition) is 11. The molecule has 1 aliphatic rings. The van der Waals surface area contributed by atoms with Crippen LogP contribution in [0.5, 0.6) is 0 Å². The lowest BCUT2D eigenvalue weighted by Gasteiger charge is -2.12. The number of urea groups is 1. The molecule has 3 amide bonds. The number of aromatic amines is 3. The van der Waals surface area contributed by atoms with E-state index < -0.39 is 17.3 Å². The Kier molecular flexibility index (Phi) is 14.6. The number of aryl methyl sites for hydroxylation is 1. The van der Waals surface area contributed by atoms with Gasteiger partial charge in [0.25, 0.3) is 0 Å². The van der Waals surface area contributed by atoms with Gasteiger partial charge in [-0.15, -0.1) is 0 Å². The van der Waals surface area contributed by atoms with Crippen LogP contribution < -0.4 is 21.7 Å². The number of H-pyrrole nitrogens is 3. The number of benzene rings is 3. The molecule has 0 radical (unpaired) electrons. The Morgan fingerprint density at radius 2 is 1.61 bits per heavy atom. The van der Waals surface area contributed by atoms with E-state index in [2.05, 4.69) is 64.8 Å². The summed E-state index contributed by atoms with van der Waals surface area (Å²) in [6.07, 6.45) is 8.55. The fourth-order valence-corrected chi connectivity index (χ4v) is 5.82. The molecule has 1 unspecified atom stereocenters. The van der Waals surface area contributed by atoms with Crippen molar-refractivity contribution in [3.05, 3.63) is 117 Å². The molecule has 0 fully saturated rings. The van der Waals surface area contributed by atoms with Gasteiger partial charge in [0.2, 0.25) is 5.91 Å². The van der Waals surface area contributed by atoms with E-state index >= 15 is 0 Å². The van der Waals surface area contributed by atoms with E-state index in [9.17, 15) is 24.0 Å². The Morgan fingerprint density at radius 1 is 0.877 bits per heavy atom. The molecule has 0 spiro atoms. The molecule has 7 rings (SSSR count). The Bertz CT molecular complexity index is 2610. The zero-order chi connectivity index (χ0) is 40.9. The number of amides is 3. The van der Waals surface area contributed by atoms with Gasteiger partial charge in [0.15, 0.2) is 10.8 Å². The molecule has 57 heavy (non-hydrogen) atoms. The van der Waals surface area contributed by atoms with Gasteiger partial charge in [0.05, 0.1) is 45.7 Å². The number of nitrogens with zero attached hydrogens (tertiary/aromatic N) is 5. The number of ketones is 1. The van der Waals surface area contributed by atoms with Crippen LogP contribution in [0.15, 0.2) is 88.1 Å². The molecule has 0 bridgehead atoms. The summed E-state index contributed by atoms with van der Waals surface area (Å²) in [5, 5.41) is 12.2. The van der Waals surface area contributed by atoms with Gasteiger partial charge in [-0.05, 0) is 92.1 Å². The number of thiocarbonyl (C=S) groups is 1. The highest BCUT2D eigenvalue weighted by Gasteiger charge is 2.20. The average molecular weight is 810 g/mol. The summed E-state index contributed by atoms with van der Waals surface area (Å²) in [4.78, 5) is 84.4. The van der Waals surface area contributed by atoms with Crippen LogP contribution in [0, 0.1) is 6.92 Å². The SMILES string of the molecule is CCCCCOC(=S)c1ccc2c(c1)=NC(=O)N=2.Cc1cc2[nH]cnc2cc1NC(=O)C(S)c1ncccn1.O=C(O)CCCC(=O)c1ccc2[nH]c(=O)[nH]c2c1. The van der Waals surface area contributed by atoms with Crippen molar-refractivity contribution in [2.24, 2.45) is 9.98 Å². The molecule has 294 valence electrons. The minimum absolute atomic E-state index is 0.0189. The molecule has 6 aromatic rings. The number of hydrogen-bond donors (Lipinski definition) is 6. The van der Waals surface area contributed by atoms with E-state index in [0.29, 0.717) is 56.9 Å². The first-order valence-electron chi connectivity index (χ1n) is 17.9. The Morgan fingerprint density at radius 3 is 2.37 bits per heavy atom. The van der Waals surface area contributed by atoms with E-state index in [4.69, 9.17) is 22.1 Å². The van der Waals surface area contributed by atoms with Crippen LogP contribution in [0.4, 0.5) is 10.5 Å². The maximum atomic E-state index is 12.2. The summed E-state index contributed by atoms with van der Waals surface area (Å²) in [5.41, 5.74) is 5.51. The Balaban J connectivity index is 0.000000164. The quantitative estimate of drug-likeness (QED) is 0.0368. The number of aromatic nitrogens is 6. The monoisotopic (exact) mass is 809 g/mol. The standard InChI is InChI=1S/C14H13N5OS.C13H14N2O2S.C12H12N2O4/c1-8-5-10-11(18-7-17-10)6-9(8)19-14(20)12(21)13-15-3-2-4-16-13;1-2-3-4-7-17-12(18)9-5-6-10-11(8-9)15-13(16)14-10;15-10(2-1-3-11(16)17)7-4-5-8-9(6-7)14-12(18)13-8/h2-7,12,21H,1H3,(H,17,18)(H,19,20);5-6,8H,2-4,7H2,1H3;4-6H,1-3H2,(H,16,17)(H2,13,14,18). The number of carboxylic acid groups (broad SMARTS) is 1. The van der Waals surface area contributed by atoms with Gasteiger partial charge in [-0.3, -0.25) is 14.4 Å². The molecule has 1 aliphatic heterocycles. The largest absolute Gasteiger partial charge is 0.483 e. The number of fused-ring (bicyclic) bond motifs is 3. The summed E-state index contributed by atoms with van der Waals surface area (Å²) in [6, 6.07) is 15.1. The summed E-state index contributed by atoms with van der Waals surface area (Å²) in [5.74, 6) is -0.937. The average Bonchev–Trinajstić information content (AvgIpc) is 3.92. The van der Waals surface area contributed by atoms with E-state index in [1.54, 1.807) is 61.2 Å². The number of Topliss-reactive ketones (excluding diaryl/α,β-unsaturated/α-hetero) is 1. The zero-order valence-electron chi connectivity index (χ0n) is 30.9. The predicted octanol–water partition coefficient (Wildman–Crippen LogP) is 5.51. The second-order valence-electron chi connectivity index (χ2n) is 12.6. The number of carbonyl (C=O) groups excluding carboxylic acids is 3. The first-order chi connectivity index (χ1) is 27.4. The van der Waals surface area contributed by atoms with Crippen molar-refractivity contribution in [3.8, 4) is 0 Å². The predicted molar refractivity (Wildman–Crippen MR) is 219 cm³/mol. The van der Waals surface area contributed by atoms with Gasteiger partial charge in [0.1, 0.15) is 11.1 Å². The minimum atomic E-state index is -0.909. The van der Waals surface area contributed by atoms with Crippen LogP contribution in [-0.4, -0.2) is 70.4 Å². The van der Waals surface area contributed by atoms with Crippen LogP contribution >= 0.6 is 24.8 Å². The number of rotatable bonds is 13. The van der Waals surface area contributed by atoms with Crippen molar-refractivity contribution in [1.82, 2.24) is 29.9 Å². The van der Waals surface area contributed by atoms with Crippen molar-refractivity contribution in [2.75, 3.05) is 11.9 Å². The minimum Gasteiger partial charge on any atom is -0.483 e. The highest BCUT2D eigenvalue weighted by atomic mass is 32.1. The van der Waals surface area contributed by atoms with Crippen LogP contribution in [0.25, 0.3) is 22.1 Å². The lowest BCUT2D eigenvalue weighted by molar-refractivity contribution is -0.137. The van der Waals surface area contributed by atoms with Gasteiger partial charge in [-0.25, -0.2) is 24.5 Å². The number of thiol groups is 1. The van der Waals surface area contributed by atoms with Crippen molar-refractivity contribution >= 4 is 81.3 Å². The molecule has 1 atom stereocenters. The molecule has 18 heteroatoms. The third-order valence-corrected chi connectivity index (χ3v) is 9.18. The Hall–Kier alpha value is -6.40. The zero-order valence-corrected chi connectivity index (χ0v) is 32.7. The number of aliphatic carboxylic acids is 1. The number of ether oxygens (including phenoxy) is 1. The molecule has 3 aromatic carbocycles. The van der Waals surface area contributed by atoms with Crippen LogP contribution in [0.2, 0.25) is 0 Å². The highest BCUT2D eigenvalue weighted by molar-refractivity contribution is 7.81. The summed E-state index contributed by atoms with van der Waals surface area (Å²) >= 11 is 9.47. The van der Waals surface area contributed by atoms with Gasteiger partial charge >= 0.3 is 17.7 Å².